The van der Waals surface area contributed by atoms with E-state index in [1.807, 2.05) is 6.07 Å². The van der Waals surface area contributed by atoms with Gasteiger partial charge in [0.25, 0.3) is 0 Å². The van der Waals surface area contributed by atoms with E-state index >= 15 is 0 Å². The lowest BCUT2D eigenvalue weighted by Gasteiger charge is -2.32. The molecule has 0 aliphatic carbocycles. The van der Waals surface area contributed by atoms with Gasteiger partial charge in [0.2, 0.25) is 0 Å². The molecule has 2 aromatic carbocycles. The Morgan fingerprint density at radius 3 is 2.08 bits per heavy atom. The molecule has 0 spiro atoms. The molecule has 0 radical (unpaired) electrons. The van der Waals surface area contributed by atoms with E-state index in [9.17, 15) is 0 Å². The molecule has 0 aromatic heterocycles. The van der Waals surface area contributed by atoms with Crippen molar-refractivity contribution in [3.8, 4) is 0 Å². The second-order valence-electron chi connectivity index (χ2n) is 6.73. The van der Waals surface area contributed by atoms with Crippen LogP contribution in [0.25, 0.3) is 12.2 Å². The number of benzene rings is 2. The summed E-state index contributed by atoms with van der Waals surface area (Å²) in [4.78, 5) is 5.01. The molecular formula is C22H28N2. The van der Waals surface area contributed by atoms with Crippen LogP contribution in [0.3, 0.4) is 0 Å². The highest BCUT2D eigenvalue weighted by molar-refractivity contribution is 5.69. The van der Waals surface area contributed by atoms with Gasteiger partial charge in [0.1, 0.15) is 0 Å². The van der Waals surface area contributed by atoms with Crippen LogP contribution in [-0.4, -0.2) is 49.6 Å². The van der Waals surface area contributed by atoms with Crippen molar-refractivity contribution in [2.45, 2.75) is 12.8 Å². The van der Waals surface area contributed by atoms with Gasteiger partial charge in [-0.25, -0.2) is 0 Å². The SMILES string of the molecule is CN1CCN(CCCc2ccc(/C=C/c3ccccc3)cc2)CC1. The van der Waals surface area contributed by atoms with Crippen molar-refractivity contribution < 1.29 is 0 Å². The summed E-state index contributed by atoms with van der Waals surface area (Å²) < 4.78 is 0. The maximum absolute atomic E-state index is 2.59. The van der Waals surface area contributed by atoms with Crippen LogP contribution in [0, 0.1) is 0 Å². The lowest BCUT2D eigenvalue weighted by atomic mass is 10.1. The Balaban J connectivity index is 1.44. The van der Waals surface area contributed by atoms with E-state index in [4.69, 9.17) is 0 Å². The number of likely N-dealkylation sites (N-methyl/N-ethyl adjacent to an activating group) is 1. The molecule has 0 bridgehead atoms. The first kappa shape index (κ1) is 16.9. The maximum Gasteiger partial charge on any atom is 0.0110 e. The predicted molar refractivity (Wildman–Crippen MR) is 104 cm³/mol. The second kappa shape index (κ2) is 8.81. The number of aryl methyl sites for hydroxylation is 1. The van der Waals surface area contributed by atoms with E-state index in [-0.39, 0.29) is 0 Å². The topological polar surface area (TPSA) is 6.48 Å². The fraction of sp³-hybridized carbons (Fsp3) is 0.364. The summed E-state index contributed by atoms with van der Waals surface area (Å²) in [6.45, 7) is 6.09. The highest BCUT2D eigenvalue weighted by atomic mass is 15.2. The summed E-state index contributed by atoms with van der Waals surface area (Å²) >= 11 is 0. The molecule has 0 unspecified atom stereocenters. The second-order valence-corrected chi connectivity index (χ2v) is 6.73. The number of nitrogens with zero attached hydrogens (tertiary/aromatic N) is 2. The summed E-state index contributed by atoms with van der Waals surface area (Å²) in [5.41, 5.74) is 3.96. The summed E-state index contributed by atoms with van der Waals surface area (Å²) in [6, 6.07) is 19.4. The van der Waals surface area contributed by atoms with E-state index in [2.05, 4.69) is 77.5 Å². The Hall–Kier alpha value is -1.90. The Morgan fingerprint density at radius 1 is 0.792 bits per heavy atom. The Bertz CT molecular complexity index is 623. The molecule has 1 aliphatic heterocycles. The Kier molecular flexibility index (Phi) is 6.22. The third-order valence-corrected chi connectivity index (χ3v) is 4.78. The van der Waals surface area contributed by atoms with Gasteiger partial charge in [-0.3, -0.25) is 0 Å². The molecule has 3 rings (SSSR count). The number of rotatable bonds is 6. The van der Waals surface area contributed by atoms with E-state index < -0.39 is 0 Å². The molecule has 2 heteroatoms. The highest BCUT2D eigenvalue weighted by Crippen LogP contribution is 2.11. The fourth-order valence-corrected chi connectivity index (χ4v) is 3.13. The summed E-state index contributed by atoms with van der Waals surface area (Å²) in [5, 5.41) is 0. The third kappa shape index (κ3) is 5.33. The number of hydrogen-bond donors (Lipinski definition) is 0. The monoisotopic (exact) mass is 320 g/mol. The smallest absolute Gasteiger partial charge is 0.0110 e. The van der Waals surface area contributed by atoms with Crippen LogP contribution < -0.4 is 0 Å². The zero-order valence-corrected chi connectivity index (χ0v) is 14.7. The molecule has 1 fully saturated rings. The average molecular weight is 320 g/mol. The fourth-order valence-electron chi connectivity index (χ4n) is 3.13. The van der Waals surface area contributed by atoms with Crippen molar-refractivity contribution in [2.75, 3.05) is 39.8 Å². The molecule has 0 atom stereocenters. The van der Waals surface area contributed by atoms with Crippen LogP contribution in [0.15, 0.2) is 54.6 Å². The number of piperazine rings is 1. The van der Waals surface area contributed by atoms with Crippen LogP contribution in [-0.2, 0) is 6.42 Å². The van der Waals surface area contributed by atoms with Gasteiger partial charge in [-0.2, -0.15) is 0 Å². The molecule has 1 aliphatic rings. The maximum atomic E-state index is 2.59. The minimum Gasteiger partial charge on any atom is -0.304 e. The van der Waals surface area contributed by atoms with E-state index in [0.717, 1.165) is 0 Å². The Morgan fingerprint density at radius 2 is 1.42 bits per heavy atom. The third-order valence-electron chi connectivity index (χ3n) is 4.78. The first-order valence-electron chi connectivity index (χ1n) is 9.02. The van der Waals surface area contributed by atoms with Crippen LogP contribution in [0.5, 0.6) is 0 Å². The zero-order valence-electron chi connectivity index (χ0n) is 14.7. The van der Waals surface area contributed by atoms with Crippen LogP contribution in [0.1, 0.15) is 23.1 Å². The predicted octanol–water partition coefficient (Wildman–Crippen LogP) is 4.04. The van der Waals surface area contributed by atoms with Gasteiger partial charge in [0, 0.05) is 26.2 Å². The van der Waals surface area contributed by atoms with Gasteiger partial charge in [0.15, 0.2) is 0 Å². The van der Waals surface area contributed by atoms with Crippen LogP contribution >= 0.6 is 0 Å². The van der Waals surface area contributed by atoms with Gasteiger partial charge in [-0.15, -0.1) is 0 Å². The molecular weight excluding hydrogens is 292 g/mol. The highest BCUT2D eigenvalue weighted by Gasteiger charge is 2.12. The summed E-state index contributed by atoms with van der Waals surface area (Å²) in [6.07, 6.45) is 6.78. The largest absolute Gasteiger partial charge is 0.304 e. The minimum absolute atomic E-state index is 1.18. The molecule has 2 nitrogen and oxygen atoms in total. The molecule has 1 saturated heterocycles. The van der Waals surface area contributed by atoms with Crippen molar-refractivity contribution >= 4 is 12.2 Å². The molecule has 1 heterocycles. The number of hydrogen-bond acceptors (Lipinski definition) is 2. The zero-order chi connectivity index (χ0) is 16.6. The van der Waals surface area contributed by atoms with E-state index in [1.165, 1.54) is 62.3 Å². The van der Waals surface area contributed by atoms with Crippen LogP contribution in [0.4, 0.5) is 0 Å². The van der Waals surface area contributed by atoms with Gasteiger partial charge in [0.05, 0.1) is 0 Å². The van der Waals surface area contributed by atoms with Crippen molar-refractivity contribution in [3.05, 3.63) is 71.3 Å². The van der Waals surface area contributed by atoms with Gasteiger partial charge >= 0.3 is 0 Å². The van der Waals surface area contributed by atoms with Gasteiger partial charge < -0.3 is 9.80 Å². The molecule has 2 aromatic rings. The molecule has 126 valence electrons. The lowest BCUT2D eigenvalue weighted by Crippen LogP contribution is -2.44. The normalized spacial score (nSPS) is 16.7. The van der Waals surface area contributed by atoms with E-state index in [1.54, 1.807) is 0 Å². The van der Waals surface area contributed by atoms with Crippen molar-refractivity contribution in [1.82, 2.24) is 9.80 Å². The molecule has 0 amide bonds. The van der Waals surface area contributed by atoms with Crippen LogP contribution in [0.2, 0.25) is 0 Å². The molecule has 0 N–H and O–H groups in total. The first-order chi connectivity index (χ1) is 11.8. The summed E-state index contributed by atoms with van der Waals surface area (Å²) in [5.74, 6) is 0. The van der Waals surface area contributed by atoms with Crippen molar-refractivity contribution in [2.24, 2.45) is 0 Å². The lowest BCUT2D eigenvalue weighted by molar-refractivity contribution is 0.153. The Labute approximate surface area is 146 Å². The van der Waals surface area contributed by atoms with Gasteiger partial charge in [-0.1, -0.05) is 66.7 Å². The first-order valence-corrected chi connectivity index (χ1v) is 9.02. The summed E-state index contributed by atoms with van der Waals surface area (Å²) in [7, 11) is 2.21. The quantitative estimate of drug-likeness (QED) is 0.741. The average Bonchev–Trinajstić information content (AvgIpc) is 2.64. The molecule has 24 heavy (non-hydrogen) atoms. The standard InChI is InChI=1S/C22H28N2/c1-23-16-18-24(19-17-23)15-5-8-21-10-13-22(14-11-21)12-9-20-6-3-2-4-7-20/h2-4,6-7,9-14H,5,8,15-19H2,1H3/b12-9+. The van der Waals surface area contributed by atoms with E-state index in [0.29, 0.717) is 0 Å². The molecule has 0 saturated carbocycles. The van der Waals surface area contributed by atoms with Crippen molar-refractivity contribution in [1.29, 1.82) is 0 Å². The van der Waals surface area contributed by atoms with Gasteiger partial charge in [-0.05, 0) is 43.1 Å². The van der Waals surface area contributed by atoms with Crippen molar-refractivity contribution in [3.63, 3.8) is 0 Å². The minimum atomic E-state index is 1.18.